The molecular formula is C12H17N3O2S. The van der Waals surface area contributed by atoms with E-state index < -0.39 is 11.4 Å². The van der Waals surface area contributed by atoms with E-state index in [2.05, 4.69) is 14.7 Å². The highest BCUT2D eigenvalue weighted by molar-refractivity contribution is 7.09. The molecule has 0 aliphatic heterocycles. The number of carbonyl (C=O) groups is 1. The van der Waals surface area contributed by atoms with E-state index in [4.69, 9.17) is 0 Å². The van der Waals surface area contributed by atoms with Crippen LogP contribution >= 0.6 is 11.5 Å². The lowest BCUT2D eigenvalue weighted by Crippen LogP contribution is -2.40. The molecule has 2 saturated carbocycles. The fraction of sp³-hybridized carbons (Fsp3) is 0.750. The summed E-state index contributed by atoms with van der Waals surface area (Å²) in [4.78, 5) is 15.8. The summed E-state index contributed by atoms with van der Waals surface area (Å²) in [5.41, 5.74) is -0.675. The first kappa shape index (κ1) is 11.9. The lowest BCUT2D eigenvalue weighted by atomic mass is 9.85. The highest BCUT2D eigenvalue weighted by atomic mass is 32.1. The number of rotatable bonds is 4. The molecule has 2 N–H and O–H groups in total. The summed E-state index contributed by atoms with van der Waals surface area (Å²) in [5, 5.41) is 13.4. The third-order valence-corrected chi connectivity index (χ3v) is 4.79. The summed E-state index contributed by atoms with van der Waals surface area (Å²) < 4.78 is 4.33. The summed E-state index contributed by atoms with van der Waals surface area (Å²) >= 11 is 1.35. The second-order valence-corrected chi connectivity index (χ2v) is 6.30. The summed E-state index contributed by atoms with van der Waals surface area (Å²) in [6, 6.07) is -0.0324. The van der Waals surface area contributed by atoms with Gasteiger partial charge in [-0.1, -0.05) is 6.42 Å². The van der Waals surface area contributed by atoms with Gasteiger partial charge >= 0.3 is 5.97 Å². The molecule has 1 heterocycles. The molecule has 0 radical (unpaired) electrons. The molecule has 5 nitrogen and oxygen atoms in total. The highest BCUT2D eigenvalue weighted by Crippen LogP contribution is 2.42. The Hall–Kier alpha value is -1.17. The monoisotopic (exact) mass is 267 g/mol. The molecule has 2 aliphatic carbocycles. The summed E-state index contributed by atoms with van der Waals surface area (Å²) in [6.07, 6.45) is 4.95. The zero-order chi connectivity index (χ0) is 12.8. The molecule has 0 bridgehead atoms. The van der Waals surface area contributed by atoms with Crippen LogP contribution in [0.15, 0.2) is 0 Å². The molecule has 0 saturated heterocycles. The van der Waals surface area contributed by atoms with Gasteiger partial charge in [0.1, 0.15) is 5.82 Å². The Morgan fingerprint density at radius 2 is 2.28 bits per heavy atom. The van der Waals surface area contributed by atoms with Crippen LogP contribution in [0.4, 0.5) is 5.13 Å². The Balaban J connectivity index is 1.72. The summed E-state index contributed by atoms with van der Waals surface area (Å²) in [5.74, 6) is 0.758. The Morgan fingerprint density at radius 3 is 2.94 bits per heavy atom. The van der Waals surface area contributed by atoms with Crippen LogP contribution in [0, 0.1) is 5.41 Å². The minimum atomic E-state index is -0.718. The molecule has 98 valence electrons. The van der Waals surface area contributed by atoms with Crippen LogP contribution in [-0.4, -0.2) is 26.5 Å². The predicted octanol–water partition coefficient (Wildman–Crippen LogP) is 2.47. The number of nitrogens with zero attached hydrogens (tertiary/aromatic N) is 2. The van der Waals surface area contributed by atoms with Gasteiger partial charge in [0.05, 0.1) is 5.41 Å². The maximum atomic E-state index is 11.4. The number of carboxylic acid groups (broad SMARTS) is 1. The van der Waals surface area contributed by atoms with E-state index in [0.717, 1.165) is 30.2 Å². The van der Waals surface area contributed by atoms with Crippen LogP contribution in [0.25, 0.3) is 0 Å². The molecule has 3 rings (SSSR count). The van der Waals surface area contributed by atoms with Gasteiger partial charge < -0.3 is 10.4 Å². The van der Waals surface area contributed by atoms with Crippen LogP contribution in [-0.2, 0) is 4.79 Å². The van der Waals surface area contributed by atoms with Gasteiger partial charge in [0, 0.05) is 23.5 Å². The van der Waals surface area contributed by atoms with Crippen LogP contribution in [0.5, 0.6) is 0 Å². The molecule has 0 aromatic carbocycles. The van der Waals surface area contributed by atoms with Crippen LogP contribution in [0.3, 0.4) is 0 Å². The maximum absolute atomic E-state index is 11.4. The number of aliphatic carboxylic acids is 1. The molecule has 2 fully saturated rings. The Labute approximate surface area is 110 Å². The van der Waals surface area contributed by atoms with E-state index in [1.54, 1.807) is 0 Å². The van der Waals surface area contributed by atoms with Gasteiger partial charge in [-0.15, -0.1) is 0 Å². The van der Waals surface area contributed by atoms with Crippen molar-refractivity contribution in [2.45, 2.75) is 51.0 Å². The van der Waals surface area contributed by atoms with E-state index in [0.29, 0.717) is 5.92 Å². The number of hydrogen-bond donors (Lipinski definition) is 2. The number of anilines is 1. The van der Waals surface area contributed by atoms with Crippen molar-refractivity contribution in [3.05, 3.63) is 5.82 Å². The van der Waals surface area contributed by atoms with Crippen LogP contribution in [0.1, 0.15) is 50.8 Å². The second-order valence-electron chi connectivity index (χ2n) is 5.54. The largest absolute Gasteiger partial charge is 0.481 e. The van der Waals surface area contributed by atoms with E-state index in [1.807, 2.05) is 6.92 Å². The van der Waals surface area contributed by atoms with Crippen molar-refractivity contribution in [2.24, 2.45) is 5.41 Å². The normalized spacial score (nSPS) is 31.5. The highest BCUT2D eigenvalue weighted by Gasteiger charge is 2.45. The molecule has 2 atom stereocenters. The number of carboxylic acids is 1. The molecule has 2 unspecified atom stereocenters. The van der Waals surface area contributed by atoms with Crippen molar-refractivity contribution in [1.29, 1.82) is 0 Å². The molecule has 1 aromatic rings. The number of nitrogens with one attached hydrogen (secondary N) is 1. The Kier molecular flexibility index (Phi) is 2.77. The third kappa shape index (κ3) is 1.98. The van der Waals surface area contributed by atoms with Crippen molar-refractivity contribution in [1.82, 2.24) is 9.36 Å². The smallest absolute Gasteiger partial charge is 0.311 e. The molecule has 0 spiro atoms. The van der Waals surface area contributed by atoms with E-state index in [-0.39, 0.29) is 6.04 Å². The summed E-state index contributed by atoms with van der Waals surface area (Å²) in [7, 11) is 0. The number of aromatic nitrogens is 2. The molecule has 6 heteroatoms. The second kappa shape index (κ2) is 4.19. The lowest BCUT2D eigenvalue weighted by molar-refractivity contribution is -0.147. The van der Waals surface area contributed by atoms with Crippen molar-refractivity contribution in [3.8, 4) is 0 Å². The topological polar surface area (TPSA) is 75.1 Å². The van der Waals surface area contributed by atoms with Gasteiger partial charge in [-0.2, -0.15) is 4.37 Å². The first-order valence-corrected chi connectivity index (χ1v) is 7.20. The van der Waals surface area contributed by atoms with E-state index >= 15 is 0 Å². The van der Waals surface area contributed by atoms with Crippen LogP contribution in [0.2, 0.25) is 0 Å². The fourth-order valence-electron chi connectivity index (χ4n) is 2.60. The first-order valence-electron chi connectivity index (χ1n) is 6.43. The standard InChI is InChI=1S/C12H17N3O2S/c1-12(10(16)17)6-2-3-8(12)13-11-14-9(15-18-11)7-4-5-7/h7-8H,2-6H2,1H3,(H,16,17)(H,13,14,15). The van der Waals surface area contributed by atoms with E-state index in [1.165, 1.54) is 24.4 Å². The molecule has 18 heavy (non-hydrogen) atoms. The maximum Gasteiger partial charge on any atom is 0.311 e. The fourth-order valence-corrected chi connectivity index (χ4v) is 3.30. The predicted molar refractivity (Wildman–Crippen MR) is 68.9 cm³/mol. The average molecular weight is 267 g/mol. The molecule has 1 aromatic heterocycles. The quantitative estimate of drug-likeness (QED) is 0.876. The number of hydrogen-bond acceptors (Lipinski definition) is 5. The van der Waals surface area contributed by atoms with Gasteiger partial charge in [0.15, 0.2) is 0 Å². The SMILES string of the molecule is CC1(C(=O)O)CCCC1Nc1nc(C2CC2)ns1. The first-order chi connectivity index (χ1) is 8.59. The minimum absolute atomic E-state index is 0.0324. The molecule has 2 aliphatic rings. The van der Waals surface area contributed by atoms with Gasteiger partial charge in [-0.3, -0.25) is 4.79 Å². The van der Waals surface area contributed by atoms with Crippen molar-refractivity contribution >= 4 is 22.6 Å². The zero-order valence-corrected chi connectivity index (χ0v) is 11.2. The third-order valence-electron chi connectivity index (χ3n) is 4.13. The van der Waals surface area contributed by atoms with E-state index in [9.17, 15) is 9.90 Å². The van der Waals surface area contributed by atoms with Gasteiger partial charge in [-0.25, -0.2) is 4.98 Å². The minimum Gasteiger partial charge on any atom is -0.481 e. The van der Waals surface area contributed by atoms with Gasteiger partial charge in [0.25, 0.3) is 0 Å². The van der Waals surface area contributed by atoms with Crippen molar-refractivity contribution < 1.29 is 9.90 Å². The van der Waals surface area contributed by atoms with Gasteiger partial charge in [-0.05, 0) is 32.6 Å². The summed E-state index contributed by atoms with van der Waals surface area (Å²) in [6.45, 7) is 1.82. The Bertz CT molecular complexity index is 472. The molecule has 0 amide bonds. The average Bonchev–Trinajstić information content (AvgIpc) is 2.97. The molecular weight excluding hydrogens is 250 g/mol. The van der Waals surface area contributed by atoms with Crippen molar-refractivity contribution in [3.63, 3.8) is 0 Å². The zero-order valence-electron chi connectivity index (χ0n) is 10.3. The van der Waals surface area contributed by atoms with Gasteiger partial charge in [0.2, 0.25) is 5.13 Å². The Morgan fingerprint density at radius 1 is 1.50 bits per heavy atom. The van der Waals surface area contributed by atoms with Crippen molar-refractivity contribution in [2.75, 3.05) is 5.32 Å². The lowest BCUT2D eigenvalue weighted by Gasteiger charge is -2.27. The van der Waals surface area contributed by atoms with Crippen LogP contribution < -0.4 is 5.32 Å².